The first-order chi connectivity index (χ1) is 7.08. The van der Waals surface area contributed by atoms with E-state index < -0.39 is 23.7 Å². The highest BCUT2D eigenvalue weighted by Gasteiger charge is 2.64. The van der Waals surface area contributed by atoms with Gasteiger partial charge in [-0.25, -0.2) is 8.78 Å². The topological polar surface area (TPSA) is 26.3 Å². The van der Waals surface area contributed by atoms with E-state index in [0.29, 0.717) is 19.4 Å². The molecule has 0 aliphatic heterocycles. The van der Waals surface area contributed by atoms with E-state index in [9.17, 15) is 13.6 Å². The van der Waals surface area contributed by atoms with E-state index in [2.05, 4.69) is 0 Å². The SMILES string of the molecule is CCCOC(=O)C1(CCC)CC1C(F)F. The van der Waals surface area contributed by atoms with E-state index in [1.54, 1.807) is 0 Å². The Kier molecular flexibility index (Phi) is 4.05. The van der Waals surface area contributed by atoms with Gasteiger partial charge in [-0.15, -0.1) is 0 Å². The van der Waals surface area contributed by atoms with Gasteiger partial charge in [0.1, 0.15) is 0 Å². The van der Waals surface area contributed by atoms with Crippen molar-refractivity contribution in [3.63, 3.8) is 0 Å². The van der Waals surface area contributed by atoms with Crippen LogP contribution in [0.15, 0.2) is 0 Å². The number of esters is 1. The average Bonchev–Trinajstić information content (AvgIpc) is 2.91. The van der Waals surface area contributed by atoms with E-state index in [1.807, 2.05) is 13.8 Å². The highest BCUT2D eigenvalue weighted by Crippen LogP contribution is 2.59. The van der Waals surface area contributed by atoms with Gasteiger partial charge in [0.15, 0.2) is 0 Å². The molecule has 0 heterocycles. The van der Waals surface area contributed by atoms with Gasteiger partial charge < -0.3 is 4.74 Å². The number of halogens is 2. The Bertz CT molecular complexity index is 231. The summed E-state index contributed by atoms with van der Waals surface area (Å²) < 4.78 is 30.0. The Morgan fingerprint density at radius 2 is 2.13 bits per heavy atom. The molecule has 4 heteroatoms. The quantitative estimate of drug-likeness (QED) is 0.643. The van der Waals surface area contributed by atoms with Gasteiger partial charge in [0.05, 0.1) is 12.0 Å². The molecule has 1 aliphatic rings. The molecule has 15 heavy (non-hydrogen) atoms. The monoisotopic (exact) mass is 220 g/mol. The Morgan fingerprint density at radius 1 is 1.47 bits per heavy atom. The zero-order chi connectivity index (χ0) is 11.5. The summed E-state index contributed by atoms with van der Waals surface area (Å²) in [6.45, 7) is 4.12. The molecule has 2 nitrogen and oxygen atoms in total. The van der Waals surface area contributed by atoms with Crippen molar-refractivity contribution < 1.29 is 18.3 Å². The lowest BCUT2D eigenvalue weighted by Crippen LogP contribution is -2.23. The van der Waals surface area contributed by atoms with Crippen molar-refractivity contribution in [2.24, 2.45) is 11.3 Å². The van der Waals surface area contributed by atoms with Crippen molar-refractivity contribution >= 4 is 5.97 Å². The number of hydrogen-bond donors (Lipinski definition) is 0. The third kappa shape index (κ3) is 2.47. The second-order valence-corrected chi connectivity index (χ2v) is 4.19. The van der Waals surface area contributed by atoms with Crippen LogP contribution < -0.4 is 0 Å². The van der Waals surface area contributed by atoms with Gasteiger partial charge in [0, 0.05) is 5.92 Å². The Labute approximate surface area is 89.0 Å². The summed E-state index contributed by atoms with van der Waals surface area (Å²) in [5.74, 6) is -1.20. The molecule has 0 saturated heterocycles. The smallest absolute Gasteiger partial charge is 0.312 e. The summed E-state index contributed by atoms with van der Waals surface area (Å²) in [5.41, 5.74) is -0.863. The lowest BCUT2D eigenvalue weighted by molar-refractivity contribution is -0.152. The second kappa shape index (κ2) is 4.90. The van der Waals surface area contributed by atoms with Crippen LogP contribution >= 0.6 is 0 Å². The highest BCUT2D eigenvalue weighted by atomic mass is 19.3. The van der Waals surface area contributed by atoms with Crippen molar-refractivity contribution in [3.8, 4) is 0 Å². The van der Waals surface area contributed by atoms with Gasteiger partial charge in [-0.3, -0.25) is 4.79 Å². The van der Waals surface area contributed by atoms with Crippen LogP contribution in [-0.4, -0.2) is 19.0 Å². The van der Waals surface area contributed by atoms with Crippen LogP contribution in [0, 0.1) is 11.3 Å². The van der Waals surface area contributed by atoms with Crippen molar-refractivity contribution in [3.05, 3.63) is 0 Å². The molecule has 0 amide bonds. The molecule has 0 aromatic heterocycles. The molecular formula is C11H18F2O2. The molecule has 0 spiro atoms. The van der Waals surface area contributed by atoms with E-state index in [0.717, 1.165) is 12.8 Å². The minimum Gasteiger partial charge on any atom is -0.465 e. The minimum absolute atomic E-state index is 0.293. The first-order valence-corrected chi connectivity index (χ1v) is 5.53. The summed E-state index contributed by atoms with van der Waals surface area (Å²) in [5, 5.41) is 0. The average molecular weight is 220 g/mol. The normalized spacial score (nSPS) is 29.3. The maximum absolute atomic E-state index is 12.5. The standard InChI is InChI=1S/C11H18F2O2/c1-3-5-11(7-8(11)9(12)13)10(14)15-6-4-2/h8-9H,3-7H2,1-2H3. The molecule has 88 valence electrons. The van der Waals surface area contributed by atoms with E-state index >= 15 is 0 Å². The van der Waals surface area contributed by atoms with Crippen molar-refractivity contribution in [1.82, 2.24) is 0 Å². The number of carbonyl (C=O) groups excluding carboxylic acids is 1. The maximum Gasteiger partial charge on any atom is 0.312 e. The summed E-state index contributed by atoms with van der Waals surface area (Å²) in [6, 6.07) is 0. The molecule has 2 unspecified atom stereocenters. The summed E-state index contributed by atoms with van der Waals surface area (Å²) in [7, 11) is 0. The summed E-state index contributed by atoms with van der Waals surface area (Å²) in [4.78, 5) is 11.6. The fourth-order valence-corrected chi connectivity index (χ4v) is 2.07. The lowest BCUT2D eigenvalue weighted by Gasteiger charge is -2.15. The van der Waals surface area contributed by atoms with E-state index in [1.165, 1.54) is 0 Å². The van der Waals surface area contributed by atoms with Gasteiger partial charge in [-0.1, -0.05) is 20.3 Å². The predicted octanol–water partition coefficient (Wildman–Crippen LogP) is 3.01. The van der Waals surface area contributed by atoms with Gasteiger partial charge in [0.2, 0.25) is 6.43 Å². The zero-order valence-electron chi connectivity index (χ0n) is 9.26. The number of alkyl halides is 2. The molecule has 1 rings (SSSR count). The number of ether oxygens (including phenoxy) is 1. The van der Waals surface area contributed by atoms with Crippen LogP contribution in [0.1, 0.15) is 39.5 Å². The van der Waals surface area contributed by atoms with E-state index in [-0.39, 0.29) is 0 Å². The fraction of sp³-hybridized carbons (Fsp3) is 0.909. The van der Waals surface area contributed by atoms with Crippen LogP contribution in [0.5, 0.6) is 0 Å². The Balaban J connectivity index is 2.56. The van der Waals surface area contributed by atoms with Crippen molar-refractivity contribution in [1.29, 1.82) is 0 Å². The molecule has 1 aliphatic carbocycles. The second-order valence-electron chi connectivity index (χ2n) is 4.19. The number of carbonyl (C=O) groups is 1. The van der Waals surface area contributed by atoms with Crippen LogP contribution in [0.2, 0.25) is 0 Å². The molecule has 0 N–H and O–H groups in total. The maximum atomic E-state index is 12.5. The van der Waals surface area contributed by atoms with Crippen LogP contribution in [-0.2, 0) is 9.53 Å². The lowest BCUT2D eigenvalue weighted by atomic mass is 9.98. The molecule has 0 aromatic carbocycles. The van der Waals surface area contributed by atoms with Gasteiger partial charge >= 0.3 is 5.97 Å². The van der Waals surface area contributed by atoms with Gasteiger partial charge in [0.25, 0.3) is 0 Å². The first kappa shape index (κ1) is 12.4. The highest BCUT2D eigenvalue weighted by molar-refractivity contribution is 5.80. The molecule has 1 fully saturated rings. The molecule has 0 bridgehead atoms. The zero-order valence-corrected chi connectivity index (χ0v) is 9.26. The van der Waals surface area contributed by atoms with Gasteiger partial charge in [-0.2, -0.15) is 0 Å². The largest absolute Gasteiger partial charge is 0.465 e. The van der Waals surface area contributed by atoms with Gasteiger partial charge in [-0.05, 0) is 19.3 Å². The molecule has 2 atom stereocenters. The Hall–Kier alpha value is -0.670. The third-order valence-corrected chi connectivity index (χ3v) is 2.98. The van der Waals surface area contributed by atoms with E-state index in [4.69, 9.17) is 4.74 Å². The van der Waals surface area contributed by atoms with Crippen LogP contribution in [0.4, 0.5) is 8.78 Å². The van der Waals surface area contributed by atoms with Crippen LogP contribution in [0.3, 0.4) is 0 Å². The molecule has 1 saturated carbocycles. The minimum atomic E-state index is -2.40. The molecular weight excluding hydrogens is 202 g/mol. The van der Waals surface area contributed by atoms with Crippen molar-refractivity contribution in [2.75, 3.05) is 6.61 Å². The molecule has 0 radical (unpaired) electrons. The third-order valence-electron chi connectivity index (χ3n) is 2.98. The fourth-order valence-electron chi connectivity index (χ4n) is 2.07. The Morgan fingerprint density at radius 3 is 2.53 bits per heavy atom. The summed E-state index contributed by atoms with van der Waals surface area (Å²) >= 11 is 0. The number of rotatable bonds is 6. The predicted molar refractivity (Wildman–Crippen MR) is 52.7 cm³/mol. The molecule has 0 aromatic rings. The number of hydrogen-bond acceptors (Lipinski definition) is 2. The van der Waals surface area contributed by atoms with Crippen molar-refractivity contribution in [2.45, 2.75) is 46.0 Å². The first-order valence-electron chi connectivity index (χ1n) is 5.53. The summed E-state index contributed by atoms with van der Waals surface area (Å²) in [6.07, 6.45) is -0.116. The van der Waals surface area contributed by atoms with Crippen LogP contribution in [0.25, 0.3) is 0 Å².